The lowest BCUT2D eigenvalue weighted by molar-refractivity contribution is 0.0204. The fourth-order valence-corrected chi connectivity index (χ4v) is 1.51. The highest BCUT2D eigenvalue weighted by atomic mass is 19.1. The van der Waals surface area contributed by atoms with Gasteiger partial charge in [-0.15, -0.1) is 0 Å². The van der Waals surface area contributed by atoms with Crippen molar-refractivity contribution in [2.45, 2.75) is 46.1 Å². The predicted molar refractivity (Wildman–Crippen MR) is 73.6 cm³/mol. The fourth-order valence-electron chi connectivity index (χ4n) is 1.51. The van der Waals surface area contributed by atoms with Gasteiger partial charge in [-0.3, -0.25) is 4.79 Å². The summed E-state index contributed by atoms with van der Waals surface area (Å²) in [5.74, 6) is -0.998. The van der Waals surface area contributed by atoms with Crippen LogP contribution in [0.2, 0.25) is 0 Å². The molecule has 1 aromatic rings. The number of carbonyl (C=O) groups excluding carboxylic acids is 1. The highest BCUT2D eigenvalue weighted by Gasteiger charge is 2.20. The highest BCUT2D eigenvalue weighted by Crippen LogP contribution is 2.16. The van der Waals surface area contributed by atoms with E-state index in [0.29, 0.717) is 0 Å². The zero-order valence-corrected chi connectivity index (χ0v) is 12.3. The second-order valence-corrected chi connectivity index (χ2v) is 5.73. The van der Waals surface area contributed by atoms with E-state index in [9.17, 15) is 14.0 Å². The molecule has 4 nitrogen and oxygen atoms in total. The van der Waals surface area contributed by atoms with E-state index in [1.807, 2.05) is 0 Å². The van der Waals surface area contributed by atoms with Gasteiger partial charge in [0, 0.05) is 5.56 Å². The Morgan fingerprint density at radius 3 is 2.35 bits per heavy atom. The zero-order chi connectivity index (χ0) is 15.5. The van der Waals surface area contributed by atoms with Crippen LogP contribution in [-0.2, 0) is 4.74 Å². The lowest BCUT2D eigenvalue weighted by Gasteiger charge is -2.18. The van der Waals surface area contributed by atoms with Crippen LogP contribution in [0.25, 0.3) is 0 Å². The zero-order valence-electron chi connectivity index (χ0n) is 12.3. The molecule has 0 aliphatic carbocycles. The van der Waals surface area contributed by atoms with E-state index in [4.69, 9.17) is 9.47 Å². The molecule has 0 fully saturated rings. The van der Waals surface area contributed by atoms with E-state index in [2.05, 4.69) is 0 Å². The van der Waals surface area contributed by atoms with E-state index >= 15 is 0 Å². The summed E-state index contributed by atoms with van der Waals surface area (Å²) in [5.41, 5.74) is -1.01. The van der Waals surface area contributed by atoms with Crippen molar-refractivity contribution in [3.8, 4) is 5.75 Å². The summed E-state index contributed by atoms with van der Waals surface area (Å²) in [6, 6.07) is 3.36. The third kappa shape index (κ3) is 4.64. The normalized spacial score (nSPS) is 11.3. The predicted octanol–water partition coefficient (Wildman–Crippen LogP) is 3.62. The lowest BCUT2D eigenvalue weighted by Crippen LogP contribution is -2.27. The molecular formula is C15H19FO4. The van der Waals surface area contributed by atoms with Crippen molar-refractivity contribution in [2.75, 3.05) is 0 Å². The lowest BCUT2D eigenvalue weighted by atomic mass is 10.1. The minimum absolute atomic E-state index is 0.189. The van der Waals surface area contributed by atoms with Crippen molar-refractivity contribution in [1.29, 1.82) is 0 Å². The summed E-state index contributed by atoms with van der Waals surface area (Å²) < 4.78 is 23.3. The molecule has 110 valence electrons. The highest BCUT2D eigenvalue weighted by molar-refractivity contribution is 5.64. The average molecular weight is 282 g/mol. The first-order chi connectivity index (χ1) is 9.10. The Bertz CT molecular complexity index is 559. The molecule has 0 spiro atoms. The van der Waals surface area contributed by atoms with Crippen LogP contribution < -0.4 is 10.2 Å². The van der Waals surface area contributed by atoms with Gasteiger partial charge in [0.2, 0.25) is 5.43 Å². The van der Waals surface area contributed by atoms with E-state index in [-0.39, 0.29) is 17.2 Å². The van der Waals surface area contributed by atoms with E-state index in [1.54, 1.807) is 34.6 Å². The first-order valence-corrected chi connectivity index (χ1v) is 6.35. The largest absolute Gasteiger partial charge is 0.514 e. The fraction of sp³-hybridized carbons (Fsp3) is 0.467. The van der Waals surface area contributed by atoms with Gasteiger partial charge in [0.25, 0.3) is 0 Å². The first kappa shape index (κ1) is 16.1. The summed E-state index contributed by atoms with van der Waals surface area (Å²) >= 11 is 0. The van der Waals surface area contributed by atoms with Gasteiger partial charge in [-0.1, -0.05) is 13.8 Å². The van der Waals surface area contributed by atoms with Crippen molar-refractivity contribution in [3.05, 3.63) is 39.8 Å². The van der Waals surface area contributed by atoms with E-state index in [0.717, 1.165) is 18.2 Å². The summed E-state index contributed by atoms with van der Waals surface area (Å²) in [7, 11) is 0. The molecule has 5 heteroatoms. The van der Waals surface area contributed by atoms with Crippen LogP contribution in [0.4, 0.5) is 9.18 Å². The third-order valence-corrected chi connectivity index (χ3v) is 2.38. The molecular weight excluding hydrogens is 263 g/mol. The van der Waals surface area contributed by atoms with Crippen molar-refractivity contribution in [3.63, 3.8) is 0 Å². The molecule has 0 radical (unpaired) electrons. The Labute approximate surface area is 117 Å². The molecule has 0 unspecified atom stereocenters. The van der Waals surface area contributed by atoms with Crippen LogP contribution in [0.1, 0.15) is 46.1 Å². The van der Waals surface area contributed by atoms with Crippen LogP contribution in [-0.4, -0.2) is 11.8 Å². The SMILES string of the molecule is CC(C)c1cc(F)ccc(OC(=O)OC(C)(C)C)c1=O. The van der Waals surface area contributed by atoms with Crippen molar-refractivity contribution in [1.82, 2.24) is 0 Å². The van der Waals surface area contributed by atoms with Crippen LogP contribution in [0, 0.1) is 5.82 Å². The molecule has 1 aromatic carbocycles. The van der Waals surface area contributed by atoms with Gasteiger partial charge in [-0.2, -0.15) is 0 Å². The molecule has 0 atom stereocenters. The molecule has 0 saturated heterocycles. The summed E-state index contributed by atoms with van der Waals surface area (Å²) in [4.78, 5) is 23.7. The van der Waals surface area contributed by atoms with E-state index < -0.39 is 23.0 Å². The van der Waals surface area contributed by atoms with Gasteiger partial charge < -0.3 is 9.47 Å². The Morgan fingerprint density at radius 1 is 1.25 bits per heavy atom. The van der Waals surface area contributed by atoms with Crippen LogP contribution in [0.3, 0.4) is 0 Å². The number of carbonyl (C=O) groups is 1. The Kier molecular flexibility index (Phi) is 4.87. The second kappa shape index (κ2) is 6.03. The second-order valence-electron chi connectivity index (χ2n) is 5.73. The molecule has 0 bridgehead atoms. The third-order valence-electron chi connectivity index (χ3n) is 2.38. The monoisotopic (exact) mass is 282 g/mol. The molecule has 0 aliphatic heterocycles. The first-order valence-electron chi connectivity index (χ1n) is 6.35. The Morgan fingerprint density at radius 2 is 1.85 bits per heavy atom. The Balaban J connectivity index is 3.15. The summed E-state index contributed by atoms with van der Waals surface area (Å²) in [5, 5.41) is 0. The van der Waals surface area contributed by atoms with Gasteiger partial charge >= 0.3 is 6.16 Å². The van der Waals surface area contributed by atoms with Gasteiger partial charge in [0.05, 0.1) is 0 Å². The Hall–Kier alpha value is -1.91. The maximum Gasteiger partial charge on any atom is 0.514 e. The number of halogens is 1. The molecule has 20 heavy (non-hydrogen) atoms. The maximum absolute atomic E-state index is 13.4. The average Bonchev–Trinajstić information content (AvgIpc) is 2.39. The summed E-state index contributed by atoms with van der Waals surface area (Å²) in [6.45, 7) is 8.55. The van der Waals surface area contributed by atoms with E-state index in [1.165, 1.54) is 0 Å². The topological polar surface area (TPSA) is 52.6 Å². The molecule has 0 saturated carbocycles. The molecule has 0 aliphatic rings. The van der Waals surface area contributed by atoms with Crippen molar-refractivity contribution >= 4 is 6.16 Å². The minimum atomic E-state index is -0.990. The maximum atomic E-state index is 13.4. The van der Waals surface area contributed by atoms with Gasteiger partial charge in [-0.25, -0.2) is 9.18 Å². The van der Waals surface area contributed by atoms with Crippen molar-refractivity contribution < 1.29 is 18.7 Å². The molecule has 0 N–H and O–H groups in total. The standard InChI is InChI=1S/C15H19FO4/c1-9(2)11-8-10(16)6-7-12(13(11)17)19-14(18)20-15(3,4)5/h6-9H,1-5H3. The smallest absolute Gasteiger partial charge is 0.428 e. The molecule has 0 heterocycles. The number of rotatable bonds is 2. The molecule has 0 amide bonds. The molecule has 0 aromatic heterocycles. The van der Waals surface area contributed by atoms with Crippen molar-refractivity contribution in [2.24, 2.45) is 0 Å². The number of ether oxygens (including phenoxy) is 2. The number of hydrogen-bond acceptors (Lipinski definition) is 4. The summed E-state index contributed by atoms with van der Waals surface area (Å²) in [6.07, 6.45) is -0.990. The number of hydrogen-bond donors (Lipinski definition) is 0. The van der Waals surface area contributed by atoms with Crippen LogP contribution in [0.5, 0.6) is 5.75 Å². The minimum Gasteiger partial charge on any atom is -0.428 e. The van der Waals surface area contributed by atoms with Gasteiger partial charge in [-0.05, 0) is 44.9 Å². The quantitative estimate of drug-likeness (QED) is 0.777. The van der Waals surface area contributed by atoms with Gasteiger partial charge in [0.15, 0.2) is 5.75 Å². The van der Waals surface area contributed by atoms with Crippen LogP contribution in [0.15, 0.2) is 23.0 Å². The van der Waals surface area contributed by atoms with Gasteiger partial charge in [0.1, 0.15) is 11.4 Å². The van der Waals surface area contributed by atoms with Crippen LogP contribution >= 0.6 is 0 Å². The molecule has 1 rings (SSSR count).